The van der Waals surface area contributed by atoms with Crippen LogP contribution in [0, 0.1) is 5.92 Å². The zero-order valence-electron chi connectivity index (χ0n) is 10.2. The summed E-state index contributed by atoms with van der Waals surface area (Å²) in [6, 6.07) is 0. The summed E-state index contributed by atoms with van der Waals surface area (Å²) in [7, 11) is 0. The fraction of sp³-hybridized carbons (Fsp3) is 0.600. The van der Waals surface area contributed by atoms with Gasteiger partial charge in [-0.05, 0) is 29.1 Å². The molecule has 0 radical (unpaired) electrons. The topological polar surface area (TPSA) is 79.8 Å². The molecule has 1 aromatic heterocycles. The second-order valence-electron chi connectivity index (χ2n) is 4.07. The Morgan fingerprint density at radius 1 is 1.22 bits per heavy atom. The van der Waals surface area contributed by atoms with Crippen molar-refractivity contribution in [2.24, 2.45) is 5.92 Å². The second-order valence-corrected chi connectivity index (χ2v) is 4.75. The Hall–Kier alpha value is -1.14. The summed E-state index contributed by atoms with van der Waals surface area (Å²) >= 11 is 11.2. The van der Waals surface area contributed by atoms with Gasteiger partial charge in [0.1, 0.15) is 0 Å². The lowest BCUT2D eigenvalue weighted by molar-refractivity contribution is -0.120. The smallest absolute Gasteiger partial charge is 0.228 e. The summed E-state index contributed by atoms with van der Waals surface area (Å²) in [5, 5.41) is 5.69. The summed E-state index contributed by atoms with van der Waals surface area (Å²) in [6.45, 7) is 5.14. The molecule has 1 aromatic rings. The molecule has 0 saturated carbocycles. The van der Waals surface area contributed by atoms with Gasteiger partial charge in [0.2, 0.25) is 22.4 Å². The first-order chi connectivity index (χ1) is 8.47. The largest absolute Gasteiger partial charge is 0.356 e. The minimum Gasteiger partial charge on any atom is -0.356 e. The van der Waals surface area contributed by atoms with Crippen LogP contribution in [0.5, 0.6) is 0 Å². The molecular weight excluding hydrogens is 277 g/mol. The molecule has 0 bridgehead atoms. The van der Waals surface area contributed by atoms with Crippen molar-refractivity contribution in [3.8, 4) is 0 Å². The van der Waals surface area contributed by atoms with Crippen molar-refractivity contribution in [1.82, 2.24) is 20.3 Å². The van der Waals surface area contributed by atoms with Gasteiger partial charge in [-0.15, -0.1) is 0 Å². The Kier molecular flexibility index (Phi) is 6.07. The minimum absolute atomic E-state index is 0.0155. The fourth-order valence-corrected chi connectivity index (χ4v) is 1.46. The third-order valence-corrected chi connectivity index (χ3v) is 2.26. The van der Waals surface area contributed by atoms with E-state index in [9.17, 15) is 4.79 Å². The van der Waals surface area contributed by atoms with Gasteiger partial charge in [0, 0.05) is 19.5 Å². The van der Waals surface area contributed by atoms with Crippen LogP contribution < -0.4 is 10.6 Å². The van der Waals surface area contributed by atoms with Crippen LogP contribution in [0.2, 0.25) is 10.6 Å². The third kappa shape index (κ3) is 5.97. The van der Waals surface area contributed by atoms with Gasteiger partial charge in [-0.2, -0.15) is 15.0 Å². The van der Waals surface area contributed by atoms with Crippen molar-refractivity contribution in [3.05, 3.63) is 10.6 Å². The lowest BCUT2D eigenvalue weighted by Crippen LogP contribution is -2.28. The lowest BCUT2D eigenvalue weighted by atomic mass is 10.2. The molecule has 18 heavy (non-hydrogen) atoms. The first-order valence-corrected chi connectivity index (χ1v) is 6.30. The molecule has 100 valence electrons. The number of hydrogen-bond donors (Lipinski definition) is 2. The molecule has 0 spiro atoms. The number of hydrogen-bond acceptors (Lipinski definition) is 5. The van der Waals surface area contributed by atoms with E-state index >= 15 is 0 Å². The van der Waals surface area contributed by atoms with Crippen molar-refractivity contribution < 1.29 is 4.79 Å². The number of aromatic nitrogens is 3. The van der Waals surface area contributed by atoms with Crippen LogP contribution in [0.15, 0.2) is 0 Å². The summed E-state index contributed by atoms with van der Waals surface area (Å²) in [5.41, 5.74) is 0. The van der Waals surface area contributed by atoms with Crippen LogP contribution in [-0.4, -0.2) is 33.9 Å². The molecule has 1 rings (SSSR count). The maximum atomic E-state index is 11.4. The number of carbonyl (C=O) groups is 1. The number of halogens is 2. The Balaban J connectivity index is 2.30. The van der Waals surface area contributed by atoms with Gasteiger partial charge in [-0.25, -0.2) is 0 Å². The SMILES string of the molecule is CC(C)CNC(=O)CCNc1nc(Cl)nc(Cl)n1. The maximum Gasteiger partial charge on any atom is 0.228 e. The van der Waals surface area contributed by atoms with E-state index in [0.717, 1.165) is 0 Å². The van der Waals surface area contributed by atoms with Crippen LogP contribution in [0.3, 0.4) is 0 Å². The van der Waals surface area contributed by atoms with Gasteiger partial charge < -0.3 is 10.6 Å². The second kappa shape index (κ2) is 7.33. The van der Waals surface area contributed by atoms with E-state index in [4.69, 9.17) is 23.2 Å². The van der Waals surface area contributed by atoms with Crippen LogP contribution in [0.25, 0.3) is 0 Å². The van der Waals surface area contributed by atoms with Gasteiger partial charge in [-0.3, -0.25) is 4.79 Å². The average molecular weight is 292 g/mol. The summed E-state index contributed by atoms with van der Waals surface area (Å²) in [6.07, 6.45) is 0.327. The standard InChI is InChI=1S/C10H15Cl2N5O/c1-6(2)5-14-7(18)3-4-13-10-16-8(11)15-9(12)17-10/h6H,3-5H2,1-2H3,(H,14,18)(H,13,15,16,17). The zero-order valence-corrected chi connectivity index (χ0v) is 11.7. The normalized spacial score (nSPS) is 10.5. The van der Waals surface area contributed by atoms with Gasteiger partial charge in [-0.1, -0.05) is 13.8 Å². The Bertz CT molecular complexity index is 393. The molecule has 0 aliphatic carbocycles. The molecule has 0 atom stereocenters. The quantitative estimate of drug-likeness (QED) is 0.835. The van der Waals surface area contributed by atoms with Crippen molar-refractivity contribution in [2.75, 3.05) is 18.4 Å². The highest BCUT2D eigenvalue weighted by molar-refractivity contribution is 6.31. The van der Waals surface area contributed by atoms with Gasteiger partial charge >= 0.3 is 0 Å². The summed E-state index contributed by atoms with van der Waals surface area (Å²) in [4.78, 5) is 22.7. The monoisotopic (exact) mass is 291 g/mol. The fourth-order valence-electron chi connectivity index (χ4n) is 1.10. The van der Waals surface area contributed by atoms with E-state index in [2.05, 4.69) is 25.6 Å². The summed E-state index contributed by atoms with van der Waals surface area (Å²) in [5.74, 6) is 0.669. The van der Waals surface area contributed by atoms with E-state index < -0.39 is 0 Å². The molecule has 1 amide bonds. The molecule has 0 fully saturated rings. The molecule has 0 saturated heterocycles. The van der Waals surface area contributed by atoms with Crippen LogP contribution in [0.4, 0.5) is 5.95 Å². The van der Waals surface area contributed by atoms with E-state index in [1.54, 1.807) is 0 Å². The van der Waals surface area contributed by atoms with Crippen molar-refractivity contribution in [1.29, 1.82) is 0 Å². The number of amides is 1. The predicted molar refractivity (Wildman–Crippen MR) is 70.8 cm³/mol. The Labute approximate surface area is 116 Å². The van der Waals surface area contributed by atoms with E-state index in [0.29, 0.717) is 25.4 Å². The molecule has 0 unspecified atom stereocenters. The minimum atomic E-state index is -0.0255. The molecule has 1 heterocycles. The molecule has 0 aliphatic rings. The molecule has 8 heteroatoms. The number of rotatable bonds is 6. The molecule has 0 aliphatic heterocycles. The molecule has 2 N–H and O–H groups in total. The van der Waals surface area contributed by atoms with Crippen molar-refractivity contribution >= 4 is 35.1 Å². The van der Waals surface area contributed by atoms with Crippen molar-refractivity contribution in [3.63, 3.8) is 0 Å². The predicted octanol–water partition coefficient (Wildman–Crippen LogP) is 1.75. The van der Waals surface area contributed by atoms with Crippen molar-refractivity contribution in [2.45, 2.75) is 20.3 Å². The first kappa shape index (κ1) is 14.9. The highest BCUT2D eigenvalue weighted by atomic mass is 35.5. The third-order valence-electron chi connectivity index (χ3n) is 1.92. The Morgan fingerprint density at radius 2 is 1.83 bits per heavy atom. The highest BCUT2D eigenvalue weighted by Gasteiger charge is 2.05. The maximum absolute atomic E-state index is 11.4. The van der Waals surface area contributed by atoms with Gasteiger partial charge in [0.15, 0.2) is 0 Å². The molecule has 0 aromatic carbocycles. The number of nitrogens with one attached hydrogen (secondary N) is 2. The van der Waals surface area contributed by atoms with Crippen LogP contribution in [-0.2, 0) is 4.79 Å². The molecular formula is C10H15Cl2N5O. The van der Waals surface area contributed by atoms with E-state index in [-0.39, 0.29) is 22.4 Å². The first-order valence-electron chi connectivity index (χ1n) is 5.55. The van der Waals surface area contributed by atoms with E-state index in [1.807, 2.05) is 13.8 Å². The van der Waals surface area contributed by atoms with E-state index in [1.165, 1.54) is 0 Å². The van der Waals surface area contributed by atoms with Crippen LogP contribution >= 0.6 is 23.2 Å². The highest BCUT2D eigenvalue weighted by Crippen LogP contribution is 2.09. The van der Waals surface area contributed by atoms with Crippen LogP contribution in [0.1, 0.15) is 20.3 Å². The lowest BCUT2D eigenvalue weighted by Gasteiger charge is -2.08. The number of carbonyl (C=O) groups excluding carboxylic acids is 1. The summed E-state index contributed by atoms with van der Waals surface area (Å²) < 4.78 is 0. The number of anilines is 1. The van der Waals surface area contributed by atoms with Gasteiger partial charge in [0.25, 0.3) is 0 Å². The average Bonchev–Trinajstić information content (AvgIpc) is 2.25. The molecule has 6 nitrogen and oxygen atoms in total. The zero-order chi connectivity index (χ0) is 13.5. The van der Waals surface area contributed by atoms with Gasteiger partial charge in [0.05, 0.1) is 0 Å². The Morgan fingerprint density at radius 3 is 2.39 bits per heavy atom. The number of nitrogens with zero attached hydrogens (tertiary/aromatic N) is 3.